The fourth-order valence-corrected chi connectivity index (χ4v) is 2.01. The van der Waals surface area contributed by atoms with Gasteiger partial charge in [-0.1, -0.05) is 29.8 Å². The summed E-state index contributed by atoms with van der Waals surface area (Å²) in [4.78, 5) is 13.5. The molecule has 0 aliphatic heterocycles. The second-order valence-electron chi connectivity index (χ2n) is 4.41. The smallest absolute Gasteiger partial charge is 0.257 e. The average molecular weight is 294 g/mol. The van der Waals surface area contributed by atoms with Crippen LogP contribution in [0.15, 0.2) is 42.5 Å². The van der Waals surface area contributed by atoms with Gasteiger partial charge in [-0.2, -0.15) is 0 Å². The van der Waals surface area contributed by atoms with Gasteiger partial charge in [0.15, 0.2) is 0 Å². The number of amides is 1. The van der Waals surface area contributed by atoms with Gasteiger partial charge in [0.05, 0.1) is 5.56 Å². The molecule has 0 heterocycles. The molecule has 0 unspecified atom stereocenters. The van der Waals surface area contributed by atoms with E-state index in [9.17, 15) is 14.3 Å². The third-order valence-corrected chi connectivity index (χ3v) is 3.14. The zero-order valence-electron chi connectivity index (χ0n) is 10.8. The molecule has 2 rings (SSSR count). The predicted molar refractivity (Wildman–Crippen MR) is 75.3 cm³/mol. The Morgan fingerprint density at radius 1 is 1.30 bits per heavy atom. The first-order chi connectivity index (χ1) is 9.49. The molecular weight excluding hydrogens is 281 g/mol. The number of hydrogen-bond acceptors (Lipinski definition) is 2. The quantitative estimate of drug-likeness (QED) is 0.941. The highest BCUT2D eigenvalue weighted by Crippen LogP contribution is 2.23. The summed E-state index contributed by atoms with van der Waals surface area (Å²) < 4.78 is 13.6. The summed E-state index contributed by atoms with van der Waals surface area (Å²) in [5.41, 5.74) is 0.501. The molecule has 5 heteroatoms. The number of phenols is 1. The Balaban J connectivity index is 2.21. The van der Waals surface area contributed by atoms with E-state index in [4.69, 9.17) is 11.6 Å². The van der Waals surface area contributed by atoms with Crippen LogP contribution in [0, 0.1) is 5.82 Å². The van der Waals surface area contributed by atoms with Crippen LogP contribution in [0.3, 0.4) is 0 Å². The van der Waals surface area contributed by atoms with E-state index < -0.39 is 5.91 Å². The highest BCUT2D eigenvalue weighted by Gasteiger charge is 2.17. The summed E-state index contributed by atoms with van der Waals surface area (Å²) in [6.45, 7) is 0.109. The Morgan fingerprint density at radius 2 is 2.00 bits per heavy atom. The van der Waals surface area contributed by atoms with Crippen LogP contribution in [-0.4, -0.2) is 23.0 Å². The largest absolute Gasteiger partial charge is 0.507 e. The van der Waals surface area contributed by atoms with E-state index in [1.54, 1.807) is 18.2 Å². The first-order valence-electron chi connectivity index (χ1n) is 5.96. The second kappa shape index (κ2) is 5.92. The van der Waals surface area contributed by atoms with Crippen LogP contribution < -0.4 is 0 Å². The predicted octanol–water partition coefficient (Wildman–Crippen LogP) is 3.46. The minimum atomic E-state index is -0.423. The first-order valence-corrected chi connectivity index (χ1v) is 6.34. The molecule has 2 aromatic carbocycles. The molecule has 0 aromatic heterocycles. The van der Waals surface area contributed by atoms with Gasteiger partial charge < -0.3 is 10.0 Å². The monoisotopic (exact) mass is 293 g/mol. The fourth-order valence-electron chi connectivity index (χ4n) is 1.84. The molecule has 0 radical (unpaired) electrons. The summed E-state index contributed by atoms with van der Waals surface area (Å²) in [6, 6.07) is 10.5. The molecular formula is C15H13ClFNO2. The van der Waals surface area contributed by atoms with E-state index in [2.05, 4.69) is 0 Å². The fraction of sp³-hybridized carbons (Fsp3) is 0.133. The molecule has 2 aromatic rings. The molecule has 3 nitrogen and oxygen atoms in total. The van der Waals surface area contributed by atoms with Crippen molar-refractivity contribution in [2.75, 3.05) is 7.05 Å². The molecule has 0 saturated heterocycles. The molecule has 0 spiro atoms. The lowest BCUT2D eigenvalue weighted by molar-refractivity contribution is 0.0781. The summed E-state index contributed by atoms with van der Waals surface area (Å²) >= 11 is 5.81. The van der Waals surface area contributed by atoms with Gasteiger partial charge >= 0.3 is 0 Å². The maximum Gasteiger partial charge on any atom is 0.257 e. The molecule has 0 fully saturated rings. The van der Waals surface area contributed by atoms with E-state index in [0.29, 0.717) is 10.6 Å². The Morgan fingerprint density at radius 3 is 2.70 bits per heavy atom. The Bertz CT molecular complexity index is 646. The van der Waals surface area contributed by atoms with Crippen molar-refractivity contribution < 1.29 is 14.3 Å². The number of rotatable bonds is 3. The normalized spacial score (nSPS) is 10.3. The van der Waals surface area contributed by atoms with E-state index >= 15 is 0 Å². The maximum absolute atomic E-state index is 13.6. The van der Waals surface area contributed by atoms with Crippen molar-refractivity contribution in [2.24, 2.45) is 0 Å². The number of nitrogens with zero attached hydrogens (tertiary/aromatic N) is 1. The van der Waals surface area contributed by atoms with E-state index in [1.165, 1.54) is 36.2 Å². The number of halogens is 2. The third-order valence-electron chi connectivity index (χ3n) is 2.90. The van der Waals surface area contributed by atoms with Crippen molar-refractivity contribution in [3.05, 3.63) is 64.4 Å². The lowest BCUT2D eigenvalue weighted by Gasteiger charge is -2.18. The van der Waals surface area contributed by atoms with Gasteiger partial charge in [0.2, 0.25) is 0 Å². The van der Waals surface area contributed by atoms with Gasteiger partial charge in [-0.3, -0.25) is 4.79 Å². The summed E-state index contributed by atoms with van der Waals surface area (Å²) in [6.07, 6.45) is 0. The van der Waals surface area contributed by atoms with Crippen molar-refractivity contribution in [3.8, 4) is 5.75 Å². The zero-order chi connectivity index (χ0) is 14.7. The lowest BCUT2D eigenvalue weighted by atomic mass is 10.1. The van der Waals surface area contributed by atoms with Crippen molar-refractivity contribution in [2.45, 2.75) is 6.54 Å². The minimum Gasteiger partial charge on any atom is -0.507 e. The third kappa shape index (κ3) is 3.08. The highest BCUT2D eigenvalue weighted by atomic mass is 35.5. The van der Waals surface area contributed by atoms with Crippen LogP contribution in [0.2, 0.25) is 5.02 Å². The van der Waals surface area contributed by atoms with Gasteiger partial charge in [-0.05, 0) is 24.3 Å². The van der Waals surface area contributed by atoms with Crippen molar-refractivity contribution in [1.29, 1.82) is 0 Å². The lowest BCUT2D eigenvalue weighted by Crippen LogP contribution is -2.26. The van der Waals surface area contributed by atoms with Gasteiger partial charge in [-0.15, -0.1) is 0 Å². The summed E-state index contributed by atoms with van der Waals surface area (Å²) in [7, 11) is 1.54. The molecule has 0 atom stereocenters. The second-order valence-corrected chi connectivity index (χ2v) is 4.85. The van der Waals surface area contributed by atoms with Gasteiger partial charge in [0.25, 0.3) is 5.91 Å². The van der Waals surface area contributed by atoms with Gasteiger partial charge in [0.1, 0.15) is 11.6 Å². The Labute approximate surface area is 121 Å². The van der Waals surface area contributed by atoms with Gasteiger partial charge in [0, 0.05) is 24.2 Å². The first kappa shape index (κ1) is 14.3. The molecule has 104 valence electrons. The zero-order valence-corrected chi connectivity index (χ0v) is 11.6. The number of carbonyl (C=O) groups excluding carboxylic acids is 1. The SMILES string of the molecule is CN(Cc1ccccc1F)C(=O)c1cc(Cl)ccc1O. The average Bonchev–Trinajstić information content (AvgIpc) is 2.43. The summed E-state index contributed by atoms with van der Waals surface area (Å²) in [5, 5.41) is 10.0. The van der Waals surface area contributed by atoms with Crippen LogP contribution in [0.1, 0.15) is 15.9 Å². The van der Waals surface area contributed by atoms with Crippen LogP contribution in [0.25, 0.3) is 0 Å². The van der Waals surface area contributed by atoms with E-state index in [-0.39, 0.29) is 23.7 Å². The van der Waals surface area contributed by atoms with Gasteiger partial charge in [-0.25, -0.2) is 4.39 Å². The van der Waals surface area contributed by atoms with Crippen molar-refractivity contribution in [1.82, 2.24) is 4.90 Å². The molecule has 0 aliphatic carbocycles. The highest BCUT2D eigenvalue weighted by molar-refractivity contribution is 6.31. The standard InChI is InChI=1S/C15H13ClFNO2/c1-18(9-10-4-2-3-5-13(10)17)15(20)12-8-11(16)6-7-14(12)19/h2-8,19H,9H2,1H3. The van der Waals surface area contributed by atoms with Crippen LogP contribution >= 0.6 is 11.6 Å². The Kier molecular flexibility index (Phi) is 4.25. The van der Waals surface area contributed by atoms with E-state index in [0.717, 1.165) is 0 Å². The van der Waals surface area contributed by atoms with Crippen molar-refractivity contribution in [3.63, 3.8) is 0 Å². The van der Waals surface area contributed by atoms with Crippen LogP contribution in [0.5, 0.6) is 5.75 Å². The number of carbonyl (C=O) groups is 1. The molecule has 0 aliphatic rings. The van der Waals surface area contributed by atoms with Crippen molar-refractivity contribution >= 4 is 17.5 Å². The molecule has 1 amide bonds. The number of hydrogen-bond donors (Lipinski definition) is 1. The molecule has 0 saturated carbocycles. The number of aromatic hydroxyl groups is 1. The van der Waals surface area contributed by atoms with Crippen LogP contribution in [-0.2, 0) is 6.54 Å². The van der Waals surface area contributed by atoms with E-state index in [1.807, 2.05) is 0 Å². The number of benzene rings is 2. The number of phenolic OH excluding ortho intramolecular Hbond substituents is 1. The minimum absolute atomic E-state index is 0.0938. The molecule has 20 heavy (non-hydrogen) atoms. The summed E-state index contributed by atoms with van der Waals surface area (Å²) in [5.74, 6) is -0.949. The Hall–Kier alpha value is -2.07. The molecule has 0 bridgehead atoms. The topological polar surface area (TPSA) is 40.5 Å². The van der Waals surface area contributed by atoms with Crippen LogP contribution in [0.4, 0.5) is 4.39 Å². The molecule has 1 N–H and O–H groups in total. The maximum atomic E-state index is 13.6.